The van der Waals surface area contributed by atoms with Gasteiger partial charge in [-0.15, -0.1) is 0 Å². The van der Waals surface area contributed by atoms with Gasteiger partial charge in [-0.2, -0.15) is 0 Å². The largest absolute Gasteiger partial charge is 0.381 e. The average molecular weight is 209 g/mol. The lowest BCUT2D eigenvalue weighted by Crippen LogP contribution is -2.36. The zero-order valence-electron chi connectivity index (χ0n) is 8.71. The fourth-order valence-electron chi connectivity index (χ4n) is 2.06. The van der Waals surface area contributed by atoms with E-state index in [9.17, 15) is 4.39 Å². The third kappa shape index (κ3) is 2.36. The smallest absolute Gasteiger partial charge is 0.123 e. The number of rotatable bonds is 1. The highest BCUT2D eigenvalue weighted by Crippen LogP contribution is 2.29. The molecule has 1 aliphatic rings. The second-order valence-corrected chi connectivity index (χ2v) is 4.13. The third-order valence-corrected chi connectivity index (χ3v) is 3.00. The molecule has 1 saturated heterocycles. The van der Waals surface area contributed by atoms with Crippen LogP contribution >= 0.6 is 0 Å². The fourth-order valence-corrected chi connectivity index (χ4v) is 2.06. The highest BCUT2D eigenvalue weighted by molar-refractivity contribution is 5.25. The predicted molar refractivity (Wildman–Crippen MR) is 56.9 cm³/mol. The van der Waals surface area contributed by atoms with Gasteiger partial charge in [0.2, 0.25) is 0 Å². The monoisotopic (exact) mass is 209 g/mol. The van der Waals surface area contributed by atoms with E-state index in [0.717, 1.165) is 31.4 Å². The van der Waals surface area contributed by atoms with Gasteiger partial charge >= 0.3 is 0 Å². The topological polar surface area (TPSA) is 35.2 Å². The Balaban J connectivity index is 2.26. The van der Waals surface area contributed by atoms with E-state index >= 15 is 0 Å². The maximum Gasteiger partial charge on any atom is 0.123 e. The maximum absolute atomic E-state index is 13.1. The first kappa shape index (κ1) is 10.6. The Labute approximate surface area is 89.2 Å². The van der Waals surface area contributed by atoms with Gasteiger partial charge < -0.3 is 10.5 Å². The average Bonchev–Trinajstić information content (AvgIpc) is 2.44. The van der Waals surface area contributed by atoms with E-state index < -0.39 is 5.54 Å². The first-order valence-corrected chi connectivity index (χ1v) is 5.33. The normalized spacial score (nSPS) is 27.3. The Hall–Kier alpha value is -0.930. The minimum atomic E-state index is -0.418. The number of benzene rings is 1. The van der Waals surface area contributed by atoms with Crippen molar-refractivity contribution in [3.8, 4) is 0 Å². The molecule has 1 aromatic rings. The van der Waals surface area contributed by atoms with Gasteiger partial charge in [-0.25, -0.2) is 4.39 Å². The maximum atomic E-state index is 13.1. The number of hydrogen-bond donors (Lipinski definition) is 1. The molecule has 82 valence electrons. The Kier molecular flexibility index (Phi) is 3.03. The summed E-state index contributed by atoms with van der Waals surface area (Å²) in [5.74, 6) is -0.220. The van der Waals surface area contributed by atoms with Crippen molar-refractivity contribution in [2.24, 2.45) is 5.73 Å². The van der Waals surface area contributed by atoms with Crippen LogP contribution < -0.4 is 5.73 Å². The molecule has 1 fully saturated rings. The molecule has 1 heterocycles. The van der Waals surface area contributed by atoms with Gasteiger partial charge in [0.25, 0.3) is 0 Å². The molecule has 0 bridgehead atoms. The Morgan fingerprint density at radius 1 is 1.27 bits per heavy atom. The molecule has 2 nitrogen and oxygen atoms in total. The fraction of sp³-hybridized carbons (Fsp3) is 0.500. The second kappa shape index (κ2) is 4.29. The molecular weight excluding hydrogens is 193 g/mol. The molecule has 0 radical (unpaired) electrons. The highest BCUT2D eigenvalue weighted by Gasteiger charge is 2.28. The zero-order chi connectivity index (χ0) is 10.7. The number of halogens is 1. The summed E-state index contributed by atoms with van der Waals surface area (Å²) >= 11 is 0. The summed E-state index contributed by atoms with van der Waals surface area (Å²) in [6.45, 7) is 1.42. The van der Waals surface area contributed by atoms with Crippen molar-refractivity contribution >= 4 is 0 Å². The lowest BCUT2D eigenvalue weighted by Gasteiger charge is -2.28. The van der Waals surface area contributed by atoms with Gasteiger partial charge in [0, 0.05) is 18.8 Å². The van der Waals surface area contributed by atoms with Crippen LogP contribution in [0.2, 0.25) is 0 Å². The van der Waals surface area contributed by atoms with Gasteiger partial charge in [-0.3, -0.25) is 0 Å². The first-order chi connectivity index (χ1) is 7.21. The van der Waals surface area contributed by atoms with E-state index in [2.05, 4.69) is 0 Å². The number of ether oxygens (including phenoxy) is 1. The van der Waals surface area contributed by atoms with E-state index in [0.29, 0.717) is 6.61 Å². The Morgan fingerprint density at radius 3 is 2.93 bits per heavy atom. The van der Waals surface area contributed by atoms with E-state index in [1.165, 1.54) is 12.1 Å². The SMILES string of the molecule is NC1(c2cccc(F)c2)CCCOCC1. The Morgan fingerprint density at radius 2 is 2.13 bits per heavy atom. The number of nitrogens with two attached hydrogens (primary N) is 1. The molecule has 2 rings (SSSR count). The van der Waals surface area contributed by atoms with Crippen LogP contribution in [0, 0.1) is 5.82 Å². The van der Waals surface area contributed by atoms with Crippen LogP contribution in [-0.2, 0) is 10.3 Å². The van der Waals surface area contributed by atoms with Gasteiger partial charge in [0.15, 0.2) is 0 Å². The molecule has 1 aromatic carbocycles. The van der Waals surface area contributed by atoms with Crippen LogP contribution in [0.25, 0.3) is 0 Å². The zero-order valence-corrected chi connectivity index (χ0v) is 8.71. The summed E-state index contributed by atoms with van der Waals surface area (Å²) in [7, 11) is 0. The summed E-state index contributed by atoms with van der Waals surface area (Å²) in [5, 5.41) is 0. The van der Waals surface area contributed by atoms with Crippen molar-refractivity contribution in [3.05, 3.63) is 35.6 Å². The minimum absolute atomic E-state index is 0.220. The molecule has 3 heteroatoms. The standard InChI is InChI=1S/C12H16FNO/c13-11-4-1-3-10(9-11)12(14)5-2-7-15-8-6-12/h1,3-4,9H,2,5-8,14H2. The van der Waals surface area contributed by atoms with Crippen LogP contribution in [-0.4, -0.2) is 13.2 Å². The summed E-state index contributed by atoms with van der Waals surface area (Å²) in [5.41, 5.74) is 6.77. The van der Waals surface area contributed by atoms with Gasteiger partial charge in [-0.05, 0) is 37.0 Å². The third-order valence-electron chi connectivity index (χ3n) is 3.00. The molecular formula is C12H16FNO. The van der Waals surface area contributed by atoms with Crippen molar-refractivity contribution < 1.29 is 9.13 Å². The highest BCUT2D eigenvalue weighted by atomic mass is 19.1. The lowest BCUT2D eigenvalue weighted by atomic mass is 9.84. The molecule has 1 atom stereocenters. The molecule has 0 amide bonds. The van der Waals surface area contributed by atoms with E-state index in [-0.39, 0.29) is 5.82 Å². The van der Waals surface area contributed by atoms with Gasteiger partial charge in [-0.1, -0.05) is 12.1 Å². The quantitative estimate of drug-likeness (QED) is 0.769. The predicted octanol–water partition coefficient (Wildman–Crippen LogP) is 2.18. The van der Waals surface area contributed by atoms with Crippen LogP contribution in [0.1, 0.15) is 24.8 Å². The van der Waals surface area contributed by atoms with Crippen molar-refractivity contribution in [2.75, 3.05) is 13.2 Å². The number of hydrogen-bond acceptors (Lipinski definition) is 2. The van der Waals surface area contributed by atoms with Crippen LogP contribution in [0.15, 0.2) is 24.3 Å². The summed E-state index contributed by atoms with van der Waals surface area (Å²) in [6.07, 6.45) is 2.56. The van der Waals surface area contributed by atoms with E-state index in [1.807, 2.05) is 6.07 Å². The van der Waals surface area contributed by atoms with Crippen molar-refractivity contribution in [1.29, 1.82) is 0 Å². The van der Waals surface area contributed by atoms with Crippen molar-refractivity contribution in [3.63, 3.8) is 0 Å². The van der Waals surface area contributed by atoms with Crippen LogP contribution in [0.5, 0.6) is 0 Å². The molecule has 1 unspecified atom stereocenters. The van der Waals surface area contributed by atoms with E-state index in [4.69, 9.17) is 10.5 Å². The minimum Gasteiger partial charge on any atom is -0.381 e. The van der Waals surface area contributed by atoms with Gasteiger partial charge in [0.05, 0.1) is 0 Å². The molecule has 0 spiro atoms. The Bertz CT molecular complexity index is 332. The molecule has 0 saturated carbocycles. The molecule has 15 heavy (non-hydrogen) atoms. The van der Waals surface area contributed by atoms with Crippen molar-refractivity contribution in [2.45, 2.75) is 24.8 Å². The summed E-state index contributed by atoms with van der Waals surface area (Å²) in [4.78, 5) is 0. The molecule has 1 aliphatic heterocycles. The lowest BCUT2D eigenvalue weighted by molar-refractivity contribution is 0.139. The molecule has 0 aliphatic carbocycles. The van der Waals surface area contributed by atoms with Crippen molar-refractivity contribution in [1.82, 2.24) is 0 Å². The molecule has 2 N–H and O–H groups in total. The van der Waals surface area contributed by atoms with Crippen LogP contribution in [0.4, 0.5) is 4.39 Å². The first-order valence-electron chi connectivity index (χ1n) is 5.33. The summed E-state index contributed by atoms with van der Waals surface area (Å²) < 4.78 is 18.5. The second-order valence-electron chi connectivity index (χ2n) is 4.13. The van der Waals surface area contributed by atoms with Crippen LogP contribution in [0.3, 0.4) is 0 Å². The van der Waals surface area contributed by atoms with E-state index in [1.54, 1.807) is 6.07 Å². The van der Waals surface area contributed by atoms with Gasteiger partial charge in [0.1, 0.15) is 5.82 Å². The molecule has 0 aromatic heterocycles. The summed E-state index contributed by atoms with van der Waals surface area (Å²) in [6, 6.07) is 6.59.